The van der Waals surface area contributed by atoms with Gasteiger partial charge in [0.1, 0.15) is 6.10 Å². The molecule has 1 unspecified atom stereocenters. The van der Waals surface area contributed by atoms with Crippen molar-refractivity contribution < 1.29 is 4.74 Å². The van der Waals surface area contributed by atoms with E-state index in [4.69, 9.17) is 16.3 Å². The lowest BCUT2D eigenvalue weighted by molar-refractivity contribution is 0.189. The van der Waals surface area contributed by atoms with Crippen LogP contribution < -0.4 is 4.74 Å². The lowest BCUT2D eigenvalue weighted by Gasteiger charge is -2.17. The molecule has 1 fully saturated rings. The van der Waals surface area contributed by atoms with Gasteiger partial charge in [0.05, 0.1) is 4.47 Å². The molecule has 3 rings (SSSR count). The Kier molecular flexibility index (Phi) is 4.73. The molecule has 1 atom stereocenters. The number of hydrogen-bond acceptors (Lipinski definition) is 4. The predicted octanol–water partition coefficient (Wildman–Crippen LogP) is 3.55. The fourth-order valence-corrected chi connectivity index (χ4v) is 2.86. The first-order valence-electron chi connectivity index (χ1n) is 6.81. The minimum absolute atomic E-state index is 0.135. The van der Waals surface area contributed by atoms with Gasteiger partial charge in [0.15, 0.2) is 0 Å². The Balaban J connectivity index is 1.58. The summed E-state index contributed by atoms with van der Waals surface area (Å²) in [6, 6.07) is 10.5. The third-order valence-electron chi connectivity index (χ3n) is 3.44. The second-order valence-electron chi connectivity index (χ2n) is 5.04. The van der Waals surface area contributed by atoms with Crippen LogP contribution in [-0.4, -0.2) is 34.1 Å². The van der Waals surface area contributed by atoms with E-state index in [0.717, 1.165) is 30.5 Å². The Morgan fingerprint density at radius 1 is 1.33 bits per heavy atom. The van der Waals surface area contributed by atoms with E-state index >= 15 is 0 Å². The highest BCUT2D eigenvalue weighted by atomic mass is 79.9. The zero-order valence-corrected chi connectivity index (χ0v) is 13.7. The van der Waals surface area contributed by atoms with Crippen molar-refractivity contribution in [2.24, 2.45) is 0 Å². The highest BCUT2D eigenvalue weighted by Crippen LogP contribution is 2.26. The molecule has 0 spiro atoms. The van der Waals surface area contributed by atoms with Crippen LogP contribution in [0, 0.1) is 0 Å². The van der Waals surface area contributed by atoms with Crippen LogP contribution in [0.5, 0.6) is 5.88 Å². The summed E-state index contributed by atoms with van der Waals surface area (Å²) < 4.78 is 6.66. The van der Waals surface area contributed by atoms with Gasteiger partial charge in [-0.3, -0.25) is 4.90 Å². The summed E-state index contributed by atoms with van der Waals surface area (Å²) in [5.41, 5.74) is 1.32. The highest BCUT2D eigenvalue weighted by molar-refractivity contribution is 9.10. The third-order valence-corrected chi connectivity index (χ3v) is 4.17. The van der Waals surface area contributed by atoms with E-state index in [2.05, 4.69) is 55.1 Å². The molecule has 2 aromatic rings. The van der Waals surface area contributed by atoms with Crippen molar-refractivity contribution in [3.05, 3.63) is 51.8 Å². The maximum Gasteiger partial charge on any atom is 0.232 e. The normalized spacial score (nSPS) is 18.9. The first-order chi connectivity index (χ1) is 10.2. The van der Waals surface area contributed by atoms with Gasteiger partial charge in [0.25, 0.3) is 0 Å². The number of hydrogen-bond donors (Lipinski definition) is 0. The highest BCUT2D eigenvalue weighted by Gasteiger charge is 2.25. The maximum atomic E-state index is 5.93. The number of halogens is 2. The van der Waals surface area contributed by atoms with E-state index in [9.17, 15) is 0 Å². The molecule has 6 heteroatoms. The molecule has 1 aromatic carbocycles. The van der Waals surface area contributed by atoms with Crippen molar-refractivity contribution in [1.29, 1.82) is 0 Å². The summed E-state index contributed by atoms with van der Waals surface area (Å²) in [5, 5.41) is 0.201. The quantitative estimate of drug-likeness (QED) is 0.774. The molecular formula is C15H15BrClN3O. The van der Waals surface area contributed by atoms with Crippen molar-refractivity contribution in [1.82, 2.24) is 14.9 Å². The molecule has 0 radical (unpaired) electrons. The number of benzene rings is 1. The number of likely N-dealkylation sites (tertiary alicyclic amines) is 1. The molecule has 110 valence electrons. The Morgan fingerprint density at radius 3 is 2.95 bits per heavy atom. The van der Waals surface area contributed by atoms with Crippen LogP contribution in [0.4, 0.5) is 0 Å². The molecule has 0 saturated carbocycles. The lowest BCUT2D eigenvalue weighted by Crippen LogP contribution is -2.24. The molecule has 21 heavy (non-hydrogen) atoms. The molecular weight excluding hydrogens is 354 g/mol. The number of aromatic nitrogens is 2. The van der Waals surface area contributed by atoms with E-state index in [1.54, 1.807) is 6.20 Å². The van der Waals surface area contributed by atoms with E-state index in [0.29, 0.717) is 5.88 Å². The van der Waals surface area contributed by atoms with Crippen molar-refractivity contribution in [2.45, 2.75) is 19.1 Å². The fraction of sp³-hybridized carbons (Fsp3) is 0.333. The van der Waals surface area contributed by atoms with Gasteiger partial charge in [0.2, 0.25) is 11.2 Å². The minimum Gasteiger partial charge on any atom is -0.472 e. The molecule has 0 aliphatic carbocycles. The molecule has 0 bridgehead atoms. The van der Waals surface area contributed by atoms with Gasteiger partial charge in [-0.15, -0.1) is 0 Å². The van der Waals surface area contributed by atoms with Crippen LogP contribution in [0.15, 0.2) is 41.0 Å². The average molecular weight is 369 g/mol. The van der Waals surface area contributed by atoms with Gasteiger partial charge < -0.3 is 4.74 Å². The van der Waals surface area contributed by atoms with Crippen LogP contribution in [0.2, 0.25) is 5.28 Å². The number of nitrogens with zero attached hydrogens (tertiary/aromatic N) is 3. The second-order valence-corrected chi connectivity index (χ2v) is 6.23. The molecule has 0 amide bonds. The summed E-state index contributed by atoms with van der Waals surface area (Å²) in [6.45, 7) is 2.87. The topological polar surface area (TPSA) is 38.2 Å². The van der Waals surface area contributed by atoms with Crippen molar-refractivity contribution in [2.75, 3.05) is 13.1 Å². The summed E-state index contributed by atoms with van der Waals surface area (Å²) in [7, 11) is 0. The van der Waals surface area contributed by atoms with E-state index in [-0.39, 0.29) is 11.4 Å². The Bertz CT molecular complexity index is 611. The molecule has 1 aliphatic heterocycles. The SMILES string of the molecule is Clc1ncc(Br)c(OC2CCN(Cc3ccccc3)C2)n1. The Hall–Kier alpha value is -1.17. The van der Waals surface area contributed by atoms with Crippen LogP contribution in [0.25, 0.3) is 0 Å². The van der Waals surface area contributed by atoms with Gasteiger partial charge >= 0.3 is 0 Å². The minimum atomic E-state index is 0.135. The molecule has 2 heterocycles. The van der Waals surface area contributed by atoms with Gasteiger partial charge in [0, 0.05) is 25.8 Å². The number of ether oxygens (including phenoxy) is 1. The van der Waals surface area contributed by atoms with Crippen molar-refractivity contribution in [3.63, 3.8) is 0 Å². The lowest BCUT2D eigenvalue weighted by atomic mass is 10.2. The van der Waals surface area contributed by atoms with Crippen LogP contribution >= 0.6 is 27.5 Å². The van der Waals surface area contributed by atoms with Crippen LogP contribution in [-0.2, 0) is 6.54 Å². The van der Waals surface area contributed by atoms with E-state index in [1.165, 1.54) is 5.56 Å². The standard InChI is InChI=1S/C15H15BrClN3O/c16-13-8-18-15(17)19-14(13)21-12-6-7-20(10-12)9-11-4-2-1-3-5-11/h1-5,8,12H,6-7,9-10H2. The number of rotatable bonds is 4. The molecule has 1 aliphatic rings. The monoisotopic (exact) mass is 367 g/mol. The smallest absolute Gasteiger partial charge is 0.232 e. The van der Waals surface area contributed by atoms with Crippen LogP contribution in [0.1, 0.15) is 12.0 Å². The fourth-order valence-electron chi connectivity index (χ4n) is 2.45. The Morgan fingerprint density at radius 2 is 2.14 bits per heavy atom. The predicted molar refractivity (Wildman–Crippen MR) is 85.5 cm³/mol. The molecule has 0 N–H and O–H groups in total. The van der Waals surface area contributed by atoms with Crippen molar-refractivity contribution >= 4 is 27.5 Å². The van der Waals surface area contributed by atoms with Crippen molar-refractivity contribution in [3.8, 4) is 5.88 Å². The maximum absolute atomic E-state index is 5.93. The second kappa shape index (κ2) is 6.73. The summed E-state index contributed by atoms with van der Waals surface area (Å²) >= 11 is 9.19. The van der Waals surface area contributed by atoms with E-state index in [1.807, 2.05) is 6.07 Å². The van der Waals surface area contributed by atoms with Crippen LogP contribution in [0.3, 0.4) is 0 Å². The summed E-state index contributed by atoms with van der Waals surface area (Å²) in [4.78, 5) is 10.4. The molecule has 1 saturated heterocycles. The zero-order chi connectivity index (χ0) is 14.7. The largest absolute Gasteiger partial charge is 0.472 e. The van der Waals surface area contributed by atoms with Gasteiger partial charge in [-0.05, 0) is 39.5 Å². The van der Waals surface area contributed by atoms with E-state index < -0.39 is 0 Å². The first kappa shape index (κ1) is 14.8. The Labute approximate surface area is 137 Å². The van der Waals surface area contributed by atoms with Gasteiger partial charge in [-0.1, -0.05) is 30.3 Å². The molecule has 1 aromatic heterocycles. The third kappa shape index (κ3) is 3.93. The first-order valence-corrected chi connectivity index (χ1v) is 7.99. The van der Waals surface area contributed by atoms with Gasteiger partial charge in [-0.2, -0.15) is 4.98 Å². The van der Waals surface area contributed by atoms with Gasteiger partial charge in [-0.25, -0.2) is 4.98 Å². The summed E-state index contributed by atoms with van der Waals surface area (Å²) in [5.74, 6) is 0.515. The average Bonchev–Trinajstić information content (AvgIpc) is 2.91. The zero-order valence-electron chi connectivity index (χ0n) is 11.4. The summed E-state index contributed by atoms with van der Waals surface area (Å²) in [6.07, 6.45) is 2.73. The molecule has 4 nitrogen and oxygen atoms in total.